The highest BCUT2D eigenvalue weighted by Gasteiger charge is 2.02. The van der Waals surface area contributed by atoms with E-state index in [0.717, 1.165) is 30.0 Å². The molecule has 0 bridgehead atoms. The van der Waals surface area contributed by atoms with Gasteiger partial charge >= 0.3 is 0 Å². The second-order valence-electron chi connectivity index (χ2n) is 4.71. The number of methoxy groups -OCH3 is 1. The van der Waals surface area contributed by atoms with Gasteiger partial charge in [-0.2, -0.15) is 0 Å². The van der Waals surface area contributed by atoms with Crippen LogP contribution in [-0.2, 0) is 12.8 Å². The van der Waals surface area contributed by atoms with Crippen LogP contribution in [0.15, 0.2) is 36.7 Å². The van der Waals surface area contributed by atoms with Gasteiger partial charge < -0.3 is 10.5 Å². The lowest BCUT2D eigenvalue weighted by Crippen LogP contribution is -2.18. The van der Waals surface area contributed by atoms with Crippen LogP contribution < -0.4 is 10.5 Å². The average Bonchev–Trinajstić information content (AvgIpc) is 2.41. The number of hydrogen-bond acceptors (Lipinski definition) is 4. The molecule has 0 fully saturated rings. The smallest absolute Gasteiger partial charge is 0.132 e. The molecule has 0 spiro atoms. The van der Waals surface area contributed by atoms with Gasteiger partial charge in [-0.3, -0.25) is 0 Å². The first-order valence-corrected chi connectivity index (χ1v) is 6.35. The van der Waals surface area contributed by atoms with E-state index in [4.69, 9.17) is 10.5 Å². The van der Waals surface area contributed by atoms with Crippen LogP contribution in [0, 0.1) is 0 Å². The second-order valence-corrected chi connectivity index (χ2v) is 4.71. The third kappa shape index (κ3) is 4.03. The number of benzene rings is 1. The van der Waals surface area contributed by atoms with E-state index in [9.17, 15) is 0 Å². The number of ether oxygens (including phenoxy) is 1. The molecule has 0 aliphatic heterocycles. The highest BCUT2D eigenvalue weighted by Crippen LogP contribution is 2.13. The Kier molecular flexibility index (Phi) is 4.47. The topological polar surface area (TPSA) is 61.0 Å². The molecule has 0 saturated carbocycles. The average molecular weight is 257 g/mol. The number of rotatable bonds is 5. The molecule has 4 nitrogen and oxygen atoms in total. The quantitative estimate of drug-likeness (QED) is 0.889. The third-order valence-electron chi connectivity index (χ3n) is 2.84. The summed E-state index contributed by atoms with van der Waals surface area (Å²) in [5, 5.41) is 0. The van der Waals surface area contributed by atoms with E-state index >= 15 is 0 Å². The van der Waals surface area contributed by atoms with Crippen molar-refractivity contribution < 1.29 is 4.74 Å². The fraction of sp³-hybridized carbons (Fsp3) is 0.333. The summed E-state index contributed by atoms with van der Waals surface area (Å²) < 4.78 is 5.13. The normalized spacial score (nSPS) is 12.2. The molecule has 0 radical (unpaired) electrons. The Morgan fingerprint density at radius 3 is 2.26 bits per heavy atom. The molecule has 2 aromatic rings. The SMILES string of the molecule is COc1ccc(Cc2ncc(CC(C)N)cn2)cc1. The lowest BCUT2D eigenvalue weighted by atomic mass is 10.1. The molecule has 2 rings (SSSR count). The van der Waals surface area contributed by atoms with Crippen molar-refractivity contribution in [1.82, 2.24) is 9.97 Å². The van der Waals surface area contributed by atoms with Gasteiger partial charge in [0.1, 0.15) is 11.6 Å². The molecule has 1 unspecified atom stereocenters. The van der Waals surface area contributed by atoms with Gasteiger partial charge in [-0.1, -0.05) is 12.1 Å². The van der Waals surface area contributed by atoms with Crippen molar-refractivity contribution in [2.45, 2.75) is 25.8 Å². The van der Waals surface area contributed by atoms with Gasteiger partial charge in [-0.15, -0.1) is 0 Å². The highest BCUT2D eigenvalue weighted by atomic mass is 16.5. The molecular formula is C15H19N3O. The van der Waals surface area contributed by atoms with Crippen LogP contribution in [-0.4, -0.2) is 23.1 Å². The van der Waals surface area contributed by atoms with Crippen LogP contribution in [0.5, 0.6) is 5.75 Å². The van der Waals surface area contributed by atoms with Crippen molar-refractivity contribution in [3.05, 3.63) is 53.6 Å². The molecule has 0 saturated heterocycles. The van der Waals surface area contributed by atoms with Crippen molar-refractivity contribution in [1.29, 1.82) is 0 Å². The minimum absolute atomic E-state index is 0.135. The molecule has 1 aromatic heterocycles. The molecule has 100 valence electrons. The molecule has 1 heterocycles. The summed E-state index contributed by atoms with van der Waals surface area (Å²) in [6.07, 6.45) is 5.25. The van der Waals surface area contributed by atoms with Crippen LogP contribution in [0.3, 0.4) is 0 Å². The maximum atomic E-state index is 5.75. The van der Waals surface area contributed by atoms with Gasteiger partial charge in [0, 0.05) is 24.9 Å². The number of nitrogens with zero attached hydrogens (tertiary/aromatic N) is 2. The van der Waals surface area contributed by atoms with E-state index in [0.29, 0.717) is 0 Å². The van der Waals surface area contributed by atoms with Gasteiger partial charge in [0.25, 0.3) is 0 Å². The van der Waals surface area contributed by atoms with Crippen molar-refractivity contribution in [2.75, 3.05) is 7.11 Å². The number of aromatic nitrogens is 2. The first-order chi connectivity index (χ1) is 9.17. The van der Waals surface area contributed by atoms with Gasteiger partial charge in [0.05, 0.1) is 7.11 Å². The van der Waals surface area contributed by atoms with Gasteiger partial charge in [-0.05, 0) is 36.6 Å². The Morgan fingerprint density at radius 2 is 1.74 bits per heavy atom. The summed E-state index contributed by atoms with van der Waals surface area (Å²) in [5.41, 5.74) is 7.99. The zero-order chi connectivity index (χ0) is 13.7. The van der Waals surface area contributed by atoms with Gasteiger partial charge in [0.15, 0.2) is 0 Å². The third-order valence-corrected chi connectivity index (χ3v) is 2.84. The fourth-order valence-corrected chi connectivity index (χ4v) is 1.88. The summed E-state index contributed by atoms with van der Waals surface area (Å²) in [6.45, 7) is 1.98. The maximum absolute atomic E-state index is 5.75. The maximum Gasteiger partial charge on any atom is 0.132 e. The Morgan fingerprint density at radius 1 is 1.11 bits per heavy atom. The van der Waals surface area contributed by atoms with E-state index in [1.54, 1.807) is 7.11 Å². The van der Waals surface area contributed by atoms with Crippen LogP contribution in [0.1, 0.15) is 23.9 Å². The fourth-order valence-electron chi connectivity index (χ4n) is 1.88. The molecular weight excluding hydrogens is 238 g/mol. The standard InChI is InChI=1S/C15H19N3O/c1-11(16)7-13-9-17-15(18-10-13)8-12-3-5-14(19-2)6-4-12/h3-6,9-11H,7-8,16H2,1-2H3. The van der Waals surface area contributed by atoms with Crippen molar-refractivity contribution in [3.63, 3.8) is 0 Å². The predicted molar refractivity (Wildman–Crippen MR) is 75.2 cm³/mol. The number of hydrogen-bond donors (Lipinski definition) is 1. The molecule has 0 aliphatic carbocycles. The van der Waals surface area contributed by atoms with Crippen LogP contribution in [0.4, 0.5) is 0 Å². The van der Waals surface area contributed by atoms with Crippen molar-refractivity contribution in [3.8, 4) is 5.75 Å². The van der Waals surface area contributed by atoms with Crippen molar-refractivity contribution in [2.24, 2.45) is 5.73 Å². The first kappa shape index (κ1) is 13.5. The molecule has 0 aliphatic rings. The Labute approximate surface area is 113 Å². The van der Waals surface area contributed by atoms with Crippen LogP contribution >= 0.6 is 0 Å². The molecule has 1 aromatic carbocycles. The van der Waals surface area contributed by atoms with Crippen LogP contribution in [0.2, 0.25) is 0 Å². The van der Waals surface area contributed by atoms with Gasteiger partial charge in [0.2, 0.25) is 0 Å². The molecule has 1 atom stereocenters. The molecule has 0 amide bonds. The molecule has 4 heteroatoms. The van der Waals surface area contributed by atoms with E-state index in [1.165, 1.54) is 5.56 Å². The minimum Gasteiger partial charge on any atom is -0.497 e. The largest absolute Gasteiger partial charge is 0.497 e. The summed E-state index contributed by atoms with van der Waals surface area (Å²) in [6, 6.07) is 8.08. The second kappa shape index (κ2) is 6.29. The van der Waals surface area contributed by atoms with E-state index in [-0.39, 0.29) is 6.04 Å². The van der Waals surface area contributed by atoms with E-state index in [1.807, 2.05) is 43.6 Å². The first-order valence-electron chi connectivity index (χ1n) is 6.35. The lowest BCUT2D eigenvalue weighted by molar-refractivity contribution is 0.414. The summed E-state index contributed by atoms with van der Waals surface area (Å²) in [5.74, 6) is 1.68. The summed E-state index contributed by atoms with van der Waals surface area (Å²) >= 11 is 0. The molecule has 19 heavy (non-hydrogen) atoms. The monoisotopic (exact) mass is 257 g/mol. The Hall–Kier alpha value is -1.94. The van der Waals surface area contributed by atoms with E-state index < -0.39 is 0 Å². The Balaban J connectivity index is 2.02. The predicted octanol–water partition coefficient (Wildman–Crippen LogP) is 1.97. The van der Waals surface area contributed by atoms with Crippen molar-refractivity contribution >= 4 is 0 Å². The summed E-state index contributed by atoms with van der Waals surface area (Å²) in [7, 11) is 1.66. The van der Waals surface area contributed by atoms with Gasteiger partial charge in [-0.25, -0.2) is 9.97 Å². The molecule has 2 N–H and O–H groups in total. The Bertz CT molecular complexity index is 506. The minimum atomic E-state index is 0.135. The zero-order valence-electron chi connectivity index (χ0n) is 11.3. The van der Waals surface area contributed by atoms with E-state index in [2.05, 4.69) is 9.97 Å². The lowest BCUT2D eigenvalue weighted by Gasteiger charge is -2.06. The van der Waals surface area contributed by atoms with Crippen LogP contribution in [0.25, 0.3) is 0 Å². The highest BCUT2D eigenvalue weighted by molar-refractivity contribution is 5.28. The number of nitrogens with two attached hydrogens (primary N) is 1. The zero-order valence-corrected chi connectivity index (χ0v) is 11.3. The summed E-state index contributed by atoms with van der Waals surface area (Å²) in [4.78, 5) is 8.74.